The topological polar surface area (TPSA) is 41.9 Å². The highest BCUT2D eigenvalue weighted by Gasteiger charge is 2.32. The quantitative estimate of drug-likeness (QED) is 0.628. The number of halogens is 1. The van der Waals surface area contributed by atoms with Gasteiger partial charge in [-0.1, -0.05) is 55.8 Å². The molecule has 154 valence electrons. The van der Waals surface area contributed by atoms with Crippen molar-refractivity contribution in [3.05, 3.63) is 65.7 Å². The van der Waals surface area contributed by atoms with Gasteiger partial charge in [-0.05, 0) is 36.1 Å². The molecule has 0 aromatic heterocycles. The number of ether oxygens (including phenoxy) is 2. The number of morpholine rings is 1. The minimum absolute atomic E-state index is 0. The van der Waals surface area contributed by atoms with E-state index in [4.69, 9.17) is 9.47 Å². The molecule has 0 saturated carbocycles. The highest BCUT2D eigenvalue weighted by atomic mass is 35.5. The number of nitrogens with zero attached hydrogens (tertiary/aromatic N) is 1. The van der Waals surface area contributed by atoms with Crippen LogP contribution in [0.15, 0.2) is 54.6 Å². The van der Waals surface area contributed by atoms with Gasteiger partial charge in [-0.25, -0.2) is 0 Å². The van der Waals surface area contributed by atoms with Crippen molar-refractivity contribution in [3.8, 4) is 5.75 Å². The Bertz CT molecular complexity index is 674. The molecule has 0 radical (unpaired) electrons. The van der Waals surface area contributed by atoms with Gasteiger partial charge in [-0.2, -0.15) is 0 Å². The third-order valence-corrected chi connectivity index (χ3v) is 5.24. The van der Waals surface area contributed by atoms with E-state index in [0.29, 0.717) is 6.42 Å². The van der Waals surface area contributed by atoms with Gasteiger partial charge in [0, 0.05) is 19.6 Å². The smallest absolute Gasteiger partial charge is 0.119 e. The van der Waals surface area contributed by atoms with Crippen molar-refractivity contribution in [1.82, 2.24) is 4.90 Å². The first kappa shape index (κ1) is 22.7. The van der Waals surface area contributed by atoms with Crippen molar-refractivity contribution < 1.29 is 27.0 Å². The van der Waals surface area contributed by atoms with Crippen LogP contribution in [0.2, 0.25) is 0 Å². The molecule has 0 aliphatic carbocycles. The SMILES string of the molecule is CCCCOc1ccc(C(O)(CCN2CCOCC2)c2ccccc2)cc1.[Cl-]. The van der Waals surface area contributed by atoms with Gasteiger partial charge in [-0.3, -0.25) is 4.90 Å². The molecule has 0 spiro atoms. The standard InChI is InChI=1S/C23H31NO3.ClH/c1-2-3-17-27-22-11-9-21(10-12-22)23(25,20-7-5-4-6-8-20)13-14-24-15-18-26-19-16-24;/h4-12,25H,2-3,13-19H2,1H3;1H/p-1. The fourth-order valence-electron chi connectivity index (χ4n) is 3.48. The van der Waals surface area contributed by atoms with Crippen LogP contribution in [-0.2, 0) is 10.3 Å². The molecular weight excluding hydrogens is 374 g/mol. The lowest BCUT2D eigenvalue weighted by molar-refractivity contribution is -0.0000117. The normalized spacial score (nSPS) is 16.8. The van der Waals surface area contributed by atoms with Gasteiger partial charge in [0.2, 0.25) is 0 Å². The minimum atomic E-state index is -1.01. The summed E-state index contributed by atoms with van der Waals surface area (Å²) in [6.45, 7) is 7.12. The second-order valence-corrected chi connectivity index (χ2v) is 7.16. The van der Waals surface area contributed by atoms with E-state index < -0.39 is 5.60 Å². The van der Waals surface area contributed by atoms with Gasteiger partial charge in [0.15, 0.2) is 0 Å². The average Bonchev–Trinajstić information content (AvgIpc) is 2.74. The van der Waals surface area contributed by atoms with Gasteiger partial charge in [-0.15, -0.1) is 0 Å². The van der Waals surface area contributed by atoms with Crippen LogP contribution in [0.3, 0.4) is 0 Å². The molecule has 0 bridgehead atoms. The van der Waals surface area contributed by atoms with Crippen molar-refractivity contribution in [2.24, 2.45) is 0 Å². The highest BCUT2D eigenvalue weighted by molar-refractivity contribution is 5.38. The molecule has 1 atom stereocenters. The number of benzene rings is 2. The number of rotatable bonds is 9. The molecule has 1 aliphatic heterocycles. The maximum Gasteiger partial charge on any atom is 0.119 e. The van der Waals surface area contributed by atoms with Gasteiger partial charge in [0.25, 0.3) is 0 Å². The lowest BCUT2D eigenvalue weighted by Crippen LogP contribution is -3.00. The lowest BCUT2D eigenvalue weighted by atomic mass is 9.83. The van der Waals surface area contributed by atoms with E-state index in [1.54, 1.807) is 0 Å². The zero-order valence-electron chi connectivity index (χ0n) is 16.6. The summed E-state index contributed by atoms with van der Waals surface area (Å²) in [5.41, 5.74) is 0.823. The first-order valence-electron chi connectivity index (χ1n) is 10.0. The summed E-state index contributed by atoms with van der Waals surface area (Å²) >= 11 is 0. The fraction of sp³-hybridized carbons (Fsp3) is 0.478. The Morgan fingerprint density at radius 2 is 1.64 bits per heavy atom. The monoisotopic (exact) mass is 404 g/mol. The van der Waals surface area contributed by atoms with Crippen molar-refractivity contribution in [2.45, 2.75) is 31.8 Å². The molecule has 1 heterocycles. The predicted octanol–water partition coefficient (Wildman–Crippen LogP) is 0.828. The largest absolute Gasteiger partial charge is 1.00 e. The number of hydrogen-bond donors (Lipinski definition) is 1. The number of aliphatic hydroxyl groups is 1. The Hall–Kier alpha value is -1.59. The molecule has 1 unspecified atom stereocenters. The predicted molar refractivity (Wildman–Crippen MR) is 108 cm³/mol. The van der Waals surface area contributed by atoms with E-state index >= 15 is 0 Å². The van der Waals surface area contributed by atoms with Gasteiger partial charge in [0.05, 0.1) is 19.8 Å². The maximum absolute atomic E-state index is 11.7. The van der Waals surface area contributed by atoms with E-state index in [2.05, 4.69) is 11.8 Å². The molecule has 3 rings (SSSR count). The minimum Gasteiger partial charge on any atom is -1.00 e. The average molecular weight is 405 g/mol. The molecule has 2 aromatic carbocycles. The number of hydrogen-bond acceptors (Lipinski definition) is 4. The third-order valence-electron chi connectivity index (χ3n) is 5.24. The van der Waals surface area contributed by atoms with E-state index in [1.165, 1.54) is 0 Å². The molecule has 1 fully saturated rings. The van der Waals surface area contributed by atoms with Crippen LogP contribution in [0, 0.1) is 0 Å². The summed E-state index contributed by atoms with van der Waals surface area (Å²) in [4.78, 5) is 2.36. The van der Waals surface area contributed by atoms with E-state index in [1.807, 2.05) is 54.6 Å². The van der Waals surface area contributed by atoms with Gasteiger partial charge in [0.1, 0.15) is 11.4 Å². The number of unbranched alkanes of at least 4 members (excludes halogenated alkanes) is 1. The maximum atomic E-state index is 11.7. The molecule has 5 heteroatoms. The Kier molecular flexibility index (Phi) is 9.26. The Balaban J connectivity index is 0.00000280. The Morgan fingerprint density at radius 3 is 2.29 bits per heavy atom. The van der Waals surface area contributed by atoms with Crippen molar-refractivity contribution in [2.75, 3.05) is 39.5 Å². The van der Waals surface area contributed by atoms with E-state index in [9.17, 15) is 5.11 Å². The van der Waals surface area contributed by atoms with Crippen LogP contribution in [0.1, 0.15) is 37.3 Å². The van der Waals surface area contributed by atoms with Crippen LogP contribution in [0.25, 0.3) is 0 Å². The van der Waals surface area contributed by atoms with Crippen molar-refractivity contribution in [3.63, 3.8) is 0 Å². The Labute approximate surface area is 174 Å². The highest BCUT2D eigenvalue weighted by Crippen LogP contribution is 2.34. The summed E-state index contributed by atoms with van der Waals surface area (Å²) in [6, 6.07) is 17.9. The Morgan fingerprint density at radius 1 is 1.00 bits per heavy atom. The zero-order chi connectivity index (χ0) is 19.0. The molecule has 4 nitrogen and oxygen atoms in total. The first-order valence-corrected chi connectivity index (χ1v) is 10.0. The molecular formula is C23H31ClNO3-. The summed E-state index contributed by atoms with van der Waals surface area (Å²) in [5.74, 6) is 0.857. The van der Waals surface area contributed by atoms with E-state index in [-0.39, 0.29) is 12.4 Å². The summed E-state index contributed by atoms with van der Waals surface area (Å²) < 4.78 is 11.2. The zero-order valence-corrected chi connectivity index (χ0v) is 17.4. The molecule has 28 heavy (non-hydrogen) atoms. The summed E-state index contributed by atoms with van der Waals surface area (Å²) in [5, 5.41) is 11.7. The second kappa shape index (κ2) is 11.4. The molecule has 2 aromatic rings. The van der Waals surface area contributed by atoms with Crippen LogP contribution in [0.4, 0.5) is 0 Å². The molecule has 1 aliphatic rings. The summed E-state index contributed by atoms with van der Waals surface area (Å²) in [7, 11) is 0. The van der Waals surface area contributed by atoms with Gasteiger partial charge >= 0.3 is 0 Å². The van der Waals surface area contributed by atoms with Crippen LogP contribution in [0.5, 0.6) is 5.75 Å². The molecule has 0 amide bonds. The van der Waals surface area contributed by atoms with Crippen LogP contribution in [-0.4, -0.2) is 49.5 Å². The van der Waals surface area contributed by atoms with Gasteiger partial charge < -0.3 is 27.0 Å². The first-order chi connectivity index (χ1) is 13.2. The van der Waals surface area contributed by atoms with Crippen LogP contribution < -0.4 is 17.1 Å². The second-order valence-electron chi connectivity index (χ2n) is 7.16. The lowest BCUT2D eigenvalue weighted by Gasteiger charge is -2.34. The fourth-order valence-corrected chi connectivity index (χ4v) is 3.48. The van der Waals surface area contributed by atoms with Crippen molar-refractivity contribution >= 4 is 0 Å². The summed E-state index contributed by atoms with van der Waals surface area (Å²) in [6.07, 6.45) is 2.82. The van der Waals surface area contributed by atoms with E-state index in [0.717, 1.165) is 69.2 Å². The third kappa shape index (κ3) is 5.95. The molecule has 1 N–H and O–H groups in total. The van der Waals surface area contributed by atoms with Crippen LogP contribution >= 0.6 is 0 Å². The molecule has 1 saturated heterocycles. The van der Waals surface area contributed by atoms with Crippen molar-refractivity contribution in [1.29, 1.82) is 0 Å².